The highest BCUT2D eigenvalue weighted by Gasteiger charge is 2.27. The van der Waals surface area contributed by atoms with Crippen molar-refractivity contribution in [2.24, 2.45) is 5.92 Å². The van der Waals surface area contributed by atoms with Gasteiger partial charge in [0.15, 0.2) is 0 Å². The van der Waals surface area contributed by atoms with Crippen molar-refractivity contribution in [1.82, 2.24) is 20.2 Å². The van der Waals surface area contributed by atoms with Crippen LogP contribution in [-0.4, -0.2) is 39.8 Å². The third-order valence-corrected chi connectivity index (χ3v) is 4.70. The van der Waals surface area contributed by atoms with Crippen LogP contribution in [0.4, 0.5) is 0 Å². The minimum atomic E-state index is -0.609. The van der Waals surface area contributed by atoms with E-state index in [1.807, 2.05) is 63.2 Å². The number of nitrogens with one attached hydrogen (secondary N) is 2. The maximum absolute atomic E-state index is 13.0. The fraction of sp³-hybridized carbons (Fsp3) is 0.318. The van der Waals surface area contributed by atoms with Crippen LogP contribution in [0, 0.1) is 12.8 Å². The smallest absolute Gasteiger partial charge is 0.251 e. The van der Waals surface area contributed by atoms with Crippen molar-refractivity contribution in [3.05, 3.63) is 65.5 Å². The first-order chi connectivity index (χ1) is 13.3. The minimum Gasteiger partial charge on any atom is -0.340 e. The molecule has 3 aromatic rings. The van der Waals surface area contributed by atoms with Crippen molar-refractivity contribution in [3.8, 4) is 0 Å². The van der Waals surface area contributed by atoms with Crippen molar-refractivity contribution >= 4 is 22.8 Å². The Morgan fingerprint density at radius 2 is 1.89 bits per heavy atom. The molecule has 0 aliphatic heterocycles. The first-order valence-corrected chi connectivity index (χ1v) is 9.41. The fourth-order valence-corrected chi connectivity index (χ4v) is 3.14. The van der Waals surface area contributed by atoms with E-state index in [1.54, 1.807) is 18.0 Å². The molecule has 0 radical (unpaired) electrons. The van der Waals surface area contributed by atoms with E-state index in [-0.39, 0.29) is 17.7 Å². The highest BCUT2D eigenvalue weighted by atomic mass is 16.2. The fourth-order valence-electron chi connectivity index (χ4n) is 3.14. The van der Waals surface area contributed by atoms with E-state index in [2.05, 4.69) is 15.3 Å². The molecule has 3 rings (SSSR count). The second-order valence-electron chi connectivity index (χ2n) is 7.46. The van der Waals surface area contributed by atoms with Gasteiger partial charge in [-0.1, -0.05) is 43.7 Å². The molecule has 2 amide bonds. The molecule has 0 aliphatic rings. The molecular formula is C22H26N4O2. The summed E-state index contributed by atoms with van der Waals surface area (Å²) in [6.45, 7) is 6.13. The van der Waals surface area contributed by atoms with Gasteiger partial charge < -0.3 is 15.2 Å². The van der Waals surface area contributed by atoms with Gasteiger partial charge in [0.2, 0.25) is 5.91 Å². The number of rotatable bonds is 6. The average Bonchev–Trinajstić information content (AvgIpc) is 3.07. The second-order valence-corrected chi connectivity index (χ2v) is 7.46. The van der Waals surface area contributed by atoms with E-state index < -0.39 is 6.04 Å². The number of imidazole rings is 1. The zero-order valence-corrected chi connectivity index (χ0v) is 16.7. The highest BCUT2D eigenvalue weighted by molar-refractivity contribution is 5.97. The molecule has 0 fully saturated rings. The lowest BCUT2D eigenvalue weighted by Crippen LogP contribution is -2.50. The lowest BCUT2D eigenvalue weighted by atomic mass is 10.0. The number of likely N-dealkylation sites (N-methyl/N-ethyl adjacent to an activating group) is 1. The number of fused-ring (bicyclic) bond motifs is 1. The van der Waals surface area contributed by atoms with Crippen molar-refractivity contribution in [3.63, 3.8) is 0 Å². The van der Waals surface area contributed by atoms with Crippen LogP contribution in [-0.2, 0) is 11.3 Å². The lowest BCUT2D eigenvalue weighted by molar-refractivity contribution is -0.133. The molecule has 146 valence electrons. The van der Waals surface area contributed by atoms with Crippen LogP contribution in [0.5, 0.6) is 0 Å². The maximum Gasteiger partial charge on any atom is 0.251 e. The number of carbonyl (C=O) groups excluding carboxylic acids is 2. The zero-order chi connectivity index (χ0) is 20.3. The Morgan fingerprint density at radius 1 is 1.14 bits per heavy atom. The normalized spacial score (nSPS) is 12.2. The Kier molecular flexibility index (Phi) is 5.78. The minimum absolute atomic E-state index is 0.0422. The van der Waals surface area contributed by atoms with Crippen molar-refractivity contribution in [2.45, 2.75) is 33.4 Å². The van der Waals surface area contributed by atoms with Crippen LogP contribution >= 0.6 is 0 Å². The molecule has 1 aromatic heterocycles. The number of amides is 2. The summed E-state index contributed by atoms with van der Waals surface area (Å²) in [5, 5.41) is 2.89. The monoisotopic (exact) mass is 378 g/mol. The Hall–Kier alpha value is -3.15. The zero-order valence-electron chi connectivity index (χ0n) is 16.7. The second kappa shape index (κ2) is 8.25. The Bertz CT molecular complexity index is 960. The van der Waals surface area contributed by atoms with Gasteiger partial charge >= 0.3 is 0 Å². The summed E-state index contributed by atoms with van der Waals surface area (Å²) < 4.78 is 0. The summed E-state index contributed by atoms with van der Waals surface area (Å²) in [6.07, 6.45) is 0. The SMILES string of the molecule is Cc1cccc(C(=O)NC(C(=O)N(C)Cc2nc3ccccc3[nH]2)C(C)C)c1. The molecule has 1 unspecified atom stereocenters. The quantitative estimate of drug-likeness (QED) is 0.691. The van der Waals surface area contributed by atoms with E-state index in [0.717, 1.165) is 16.6 Å². The molecule has 0 aliphatic carbocycles. The number of aromatic amines is 1. The Balaban J connectivity index is 1.71. The molecule has 0 spiro atoms. The number of hydrogen-bond acceptors (Lipinski definition) is 3. The number of aromatic nitrogens is 2. The summed E-state index contributed by atoms with van der Waals surface area (Å²) in [5.74, 6) is 0.285. The standard InChI is InChI=1S/C22H26N4O2/c1-14(2)20(25-21(27)16-9-7-8-15(3)12-16)22(28)26(4)13-19-23-17-10-5-6-11-18(17)24-19/h5-12,14,20H,13H2,1-4H3,(H,23,24)(H,25,27). The first kappa shape index (κ1) is 19.6. The van der Waals surface area contributed by atoms with Crippen molar-refractivity contribution in [2.75, 3.05) is 7.05 Å². The van der Waals surface area contributed by atoms with Crippen LogP contribution < -0.4 is 5.32 Å². The van der Waals surface area contributed by atoms with Crippen LogP contribution in [0.1, 0.15) is 35.6 Å². The number of aryl methyl sites for hydroxylation is 1. The summed E-state index contributed by atoms with van der Waals surface area (Å²) in [7, 11) is 1.73. The predicted octanol–water partition coefficient (Wildman–Crippen LogP) is 3.28. The third-order valence-electron chi connectivity index (χ3n) is 4.70. The molecule has 6 nitrogen and oxygen atoms in total. The average molecular weight is 378 g/mol. The highest BCUT2D eigenvalue weighted by Crippen LogP contribution is 2.13. The third kappa shape index (κ3) is 4.39. The number of para-hydroxylation sites is 2. The molecule has 0 saturated heterocycles. The number of carbonyl (C=O) groups is 2. The predicted molar refractivity (Wildman–Crippen MR) is 110 cm³/mol. The first-order valence-electron chi connectivity index (χ1n) is 9.41. The van der Waals surface area contributed by atoms with Gasteiger partial charge in [0.25, 0.3) is 5.91 Å². The molecule has 0 bridgehead atoms. The van der Waals surface area contributed by atoms with Gasteiger partial charge in [-0.05, 0) is 37.1 Å². The maximum atomic E-state index is 13.0. The summed E-state index contributed by atoms with van der Waals surface area (Å²) >= 11 is 0. The number of benzene rings is 2. The van der Waals surface area contributed by atoms with Crippen molar-refractivity contribution in [1.29, 1.82) is 0 Å². The van der Waals surface area contributed by atoms with Crippen LogP contribution in [0.15, 0.2) is 48.5 Å². The van der Waals surface area contributed by atoms with Gasteiger partial charge in [-0.2, -0.15) is 0 Å². The number of hydrogen-bond donors (Lipinski definition) is 2. The lowest BCUT2D eigenvalue weighted by Gasteiger charge is -2.26. The van der Waals surface area contributed by atoms with E-state index in [1.165, 1.54) is 0 Å². The molecule has 6 heteroatoms. The summed E-state index contributed by atoms with van der Waals surface area (Å²) in [5.41, 5.74) is 3.36. The van der Waals surface area contributed by atoms with Crippen LogP contribution in [0.3, 0.4) is 0 Å². The number of H-pyrrole nitrogens is 1. The van der Waals surface area contributed by atoms with Gasteiger partial charge in [-0.3, -0.25) is 9.59 Å². The van der Waals surface area contributed by atoms with Crippen LogP contribution in [0.25, 0.3) is 11.0 Å². The van der Waals surface area contributed by atoms with E-state index in [9.17, 15) is 9.59 Å². The Morgan fingerprint density at radius 3 is 2.57 bits per heavy atom. The van der Waals surface area contributed by atoms with Gasteiger partial charge in [0.05, 0.1) is 17.6 Å². The largest absolute Gasteiger partial charge is 0.340 e. The van der Waals surface area contributed by atoms with Gasteiger partial charge in [-0.25, -0.2) is 4.98 Å². The topological polar surface area (TPSA) is 78.1 Å². The number of nitrogens with zero attached hydrogens (tertiary/aromatic N) is 2. The Labute approximate surface area is 165 Å². The molecule has 28 heavy (non-hydrogen) atoms. The van der Waals surface area contributed by atoms with Crippen molar-refractivity contribution < 1.29 is 9.59 Å². The van der Waals surface area contributed by atoms with Gasteiger partial charge in [-0.15, -0.1) is 0 Å². The summed E-state index contributed by atoms with van der Waals surface area (Å²) in [6, 6.07) is 14.5. The molecule has 2 aromatic carbocycles. The molecule has 2 N–H and O–H groups in total. The van der Waals surface area contributed by atoms with Gasteiger partial charge in [0.1, 0.15) is 11.9 Å². The molecule has 1 heterocycles. The molecule has 1 atom stereocenters. The van der Waals surface area contributed by atoms with E-state index >= 15 is 0 Å². The molecular weight excluding hydrogens is 352 g/mol. The van der Waals surface area contributed by atoms with E-state index in [0.29, 0.717) is 17.9 Å². The van der Waals surface area contributed by atoms with Gasteiger partial charge in [0, 0.05) is 12.6 Å². The van der Waals surface area contributed by atoms with Crippen LogP contribution in [0.2, 0.25) is 0 Å². The molecule has 0 saturated carbocycles. The summed E-state index contributed by atoms with van der Waals surface area (Å²) in [4.78, 5) is 35.0. The van der Waals surface area contributed by atoms with E-state index in [4.69, 9.17) is 0 Å².